The zero-order valence-electron chi connectivity index (χ0n) is 5.39. The molecule has 0 saturated heterocycles. The first kappa shape index (κ1) is 23.6. The average Bonchev–Trinajstić information content (AvgIpc) is 1.72. The van der Waals surface area contributed by atoms with Gasteiger partial charge in [-0.15, -0.1) is 24.8 Å². The third-order valence-corrected chi connectivity index (χ3v) is 0.500. The van der Waals surface area contributed by atoms with E-state index in [-0.39, 0.29) is 24.8 Å². The summed E-state index contributed by atoms with van der Waals surface area (Å²) in [5.41, 5.74) is 0. The molecule has 0 bridgehead atoms. The van der Waals surface area contributed by atoms with Crippen LogP contribution in [0.2, 0.25) is 0 Å². The molecule has 2 nitrogen and oxygen atoms in total. The smallest absolute Gasteiger partial charge is 0.0564 e. The molecule has 8 heavy (non-hydrogen) atoms. The van der Waals surface area contributed by atoms with E-state index >= 15 is 0 Å². The number of nitrogens with two attached hydrogens (primary N) is 2. The lowest BCUT2D eigenvalue weighted by molar-refractivity contribution is 0.886. The number of unbranched alkanes of at least 4 members (excludes halogenated alkanes) is 1. The van der Waals surface area contributed by atoms with Crippen LogP contribution in [0.4, 0.5) is 0 Å². The number of halogens is 2. The van der Waals surface area contributed by atoms with Gasteiger partial charge < -0.3 is 0 Å². The Balaban J connectivity index is -0.0000000183. The van der Waals surface area contributed by atoms with Crippen molar-refractivity contribution in [2.75, 3.05) is 0 Å². The summed E-state index contributed by atoms with van der Waals surface area (Å²) in [7, 11) is 0. The summed E-state index contributed by atoms with van der Waals surface area (Å²) in [4.78, 5) is 0. The highest BCUT2D eigenvalue weighted by molar-refractivity contribution is 5.85. The second-order valence-electron chi connectivity index (χ2n) is 1.000. The zero-order chi connectivity index (χ0) is 5.41. The highest BCUT2D eigenvalue weighted by Crippen LogP contribution is 1.76. The lowest BCUT2D eigenvalue weighted by Crippen LogP contribution is -2.02. The fraction of sp³-hybridized carbons (Fsp3) is 1.00. The molecular weight excluding hydrogens is 147 g/mol. The normalized spacial score (nSPS) is 4.50. The van der Waals surface area contributed by atoms with Gasteiger partial charge in [0, 0.05) is 0 Å². The van der Waals surface area contributed by atoms with E-state index in [2.05, 4.69) is 25.5 Å². The van der Waals surface area contributed by atoms with Crippen molar-refractivity contribution in [2.45, 2.75) is 26.7 Å². The molecule has 0 aromatic heterocycles. The maximum Gasteiger partial charge on any atom is -0.0564 e. The van der Waals surface area contributed by atoms with Crippen LogP contribution in [0.1, 0.15) is 26.7 Å². The Labute approximate surface area is 63.8 Å². The Bertz CT molecular complexity index is 14.0. The van der Waals surface area contributed by atoms with Crippen LogP contribution in [0.15, 0.2) is 0 Å². The predicted octanol–water partition coefficient (Wildman–Crippen LogP) is 1.47. The monoisotopic (exact) mass is 162 g/mol. The van der Waals surface area contributed by atoms with E-state index in [1.165, 1.54) is 12.8 Å². The van der Waals surface area contributed by atoms with Crippen molar-refractivity contribution >= 4 is 24.8 Å². The Morgan fingerprint density at radius 1 is 0.875 bits per heavy atom. The number of hydrogen-bond acceptors (Lipinski definition) is 2. The molecule has 0 spiro atoms. The van der Waals surface area contributed by atoms with E-state index in [1.54, 1.807) is 0 Å². The van der Waals surface area contributed by atoms with Crippen LogP contribution >= 0.6 is 24.8 Å². The lowest BCUT2D eigenvalue weighted by Gasteiger charge is -1.68. The number of hydrazine groups is 1. The molecule has 0 radical (unpaired) electrons. The molecular formula is C4H16Cl2N2. The van der Waals surface area contributed by atoms with Gasteiger partial charge in [0.05, 0.1) is 0 Å². The molecule has 56 valence electrons. The molecule has 0 unspecified atom stereocenters. The summed E-state index contributed by atoms with van der Waals surface area (Å²) < 4.78 is 0. The van der Waals surface area contributed by atoms with Gasteiger partial charge in [-0.2, -0.15) is 0 Å². The van der Waals surface area contributed by atoms with E-state index < -0.39 is 0 Å². The van der Waals surface area contributed by atoms with Crippen molar-refractivity contribution in [1.82, 2.24) is 0 Å². The van der Waals surface area contributed by atoms with Gasteiger partial charge in [0.1, 0.15) is 0 Å². The predicted molar refractivity (Wildman–Crippen MR) is 43.5 cm³/mol. The highest BCUT2D eigenvalue weighted by atomic mass is 35.5. The Hall–Kier alpha value is 0.500. The SMILES string of the molecule is CCCC.Cl.Cl.NN. The van der Waals surface area contributed by atoms with Gasteiger partial charge in [-0.3, -0.25) is 11.7 Å². The van der Waals surface area contributed by atoms with E-state index in [0.29, 0.717) is 0 Å². The summed E-state index contributed by atoms with van der Waals surface area (Å²) in [6, 6.07) is 0. The first-order valence-electron chi connectivity index (χ1n) is 2.25. The molecule has 0 aliphatic rings. The van der Waals surface area contributed by atoms with Crippen molar-refractivity contribution in [3.63, 3.8) is 0 Å². The van der Waals surface area contributed by atoms with Crippen molar-refractivity contribution < 1.29 is 0 Å². The fourth-order valence-electron chi connectivity index (χ4n) is 0. The zero-order valence-corrected chi connectivity index (χ0v) is 7.02. The molecule has 0 aliphatic heterocycles. The summed E-state index contributed by atoms with van der Waals surface area (Å²) in [6.07, 6.45) is 2.64. The van der Waals surface area contributed by atoms with Crippen molar-refractivity contribution in [1.29, 1.82) is 0 Å². The minimum atomic E-state index is 0. The highest BCUT2D eigenvalue weighted by Gasteiger charge is 1.56. The molecule has 0 atom stereocenters. The topological polar surface area (TPSA) is 52.0 Å². The van der Waals surface area contributed by atoms with E-state index in [9.17, 15) is 0 Å². The molecule has 0 aromatic rings. The van der Waals surface area contributed by atoms with Gasteiger partial charge in [-0.05, 0) is 0 Å². The largest absolute Gasteiger partial charge is 0.274 e. The van der Waals surface area contributed by atoms with Crippen LogP contribution in [0, 0.1) is 0 Å². The van der Waals surface area contributed by atoms with Crippen LogP contribution in [0.25, 0.3) is 0 Å². The average molecular weight is 163 g/mol. The quantitative estimate of drug-likeness (QED) is 0.454. The van der Waals surface area contributed by atoms with E-state index in [4.69, 9.17) is 0 Å². The number of hydrogen-bond donors (Lipinski definition) is 2. The van der Waals surface area contributed by atoms with Gasteiger partial charge in [-0.1, -0.05) is 26.7 Å². The van der Waals surface area contributed by atoms with Crippen LogP contribution < -0.4 is 11.7 Å². The van der Waals surface area contributed by atoms with Gasteiger partial charge in [0.15, 0.2) is 0 Å². The summed E-state index contributed by atoms with van der Waals surface area (Å²) >= 11 is 0. The summed E-state index contributed by atoms with van der Waals surface area (Å²) in [5.74, 6) is 8.00. The molecule has 0 heterocycles. The molecule has 4 N–H and O–H groups in total. The molecule has 0 aromatic carbocycles. The van der Waals surface area contributed by atoms with Gasteiger partial charge in [-0.25, -0.2) is 0 Å². The minimum Gasteiger partial charge on any atom is -0.274 e. The maximum atomic E-state index is 4.00. The molecule has 0 fully saturated rings. The Morgan fingerprint density at radius 2 is 1.00 bits per heavy atom. The molecule has 0 amide bonds. The van der Waals surface area contributed by atoms with Gasteiger partial charge in [0.2, 0.25) is 0 Å². The van der Waals surface area contributed by atoms with Crippen LogP contribution in [-0.2, 0) is 0 Å². The first-order chi connectivity index (χ1) is 2.91. The minimum absolute atomic E-state index is 0. The van der Waals surface area contributed by atoms with Crippen LogP contribution in [0.5, 0.6) is 0 Å². The molecule has 0 rings (SSSR count). The third-order valence-electron chi connectivity index (χ3n) is 0.500. The van der Waals surface area contributed by atoms with Crippen LogP contribution in [-0.4, -0.2) is 0 Å². The lowest BCUT2D eigenvalue weighted by atomic mass is 10.4. The van der Waals surface area contributed by atoms with Crippen molar-refractivity contribution in [2.24, 2.45) is 11.7 Å². The second kappa shape index (κ2) is 50.7. The van der Waals surface area contributed by atoms with Gasteiger partial charge >= 0.3 is 0 Å². The third kappa shape index (κ3) is 87.4. The molecule has 4 heteroatoms. The van der Waals surface area contributed by atoms with Gasteiger partial charge in [0.25, 0.3) is 0 Å². The Kier molecular flexibility index (Phi) is 150. The fourth-order valence-corrected chi connectivity index (χ4v) is 0. The maximum absolute atomic E-state index is 4.00. The van der Waals surface area contributed by atoms with Crippen LogP contribution in [0.3, 0.4) is 0 Å². The summed E-state index contributed by atoms with van der Waals surface area (Å²) in [5, 5.41) is 0. The summed E-state index contributed by atoms with van der Waals surface area (Å²) in [6.45, 7) is 4.36. The van der Waals surface area contributed by atoms with E-state index in [0.717, 1.165) is 0 Å². The molecule has 0 saturated carbocycles. The Morgan fingerprint density at radius 3 is 1.00 bits per heavy atom. The van der Waals surface area contributed by atoms with Crippen molar-refractivity contribution in [3.8, 4) is 0 Å². The standard InChI is InChI=1S/C4H10.2ClH.H4N2/c1-3-4-2;;;1-2/h3-4H2,1-2H3;2*1H;1-2H2. The molecule has 0 aliphatic carbocycles. The number of rotatable bonds is 1. The van der Waals surface area contributed by atoms with E-state index in [1.807, 2.05) is 0 Å². The first-order valence-corrected chi connectivity index (χ1v) is 2.25. The van der Waals surface area contributed by atoms with Crippen molar-refractivity contribution in [3.05, 3.63) is 0 Å². The second-order valence-corrected chi connectivity index (χ2v) is 1.000.